The molecule has 0 aromatic heterocycles. The Labute approximate surface area is 125 Å². The number of nitrogens with one attached hydrogen (secondary N) is 1. The first kappa shape index (κ1) is 17.9. The lowest BCUT2D eigenvalue weighted by molar-refractivity contribution is -0.142. The van der Waals surface area contributed by atoms with Crippen LogP contribution < -0.4 is 4.72 Å². The van der Waals surface area contributed by atoms with Crippen molar-refractivity contribution in [3.8, 4) is 0 Å². The van der Waals surface area contributed by atoms with E-state index >= 15 is 0 Å². The van der Waals surface area contributed by atoms with Gasteiger partial charge in [-0.2, -0.15) is 0 Å². The molecule has 1 aliphatic rings. The molecule has 21 heavy (non-hydrogen) atoms. The molecule has 0 bridgehead atoms. The summed E-state index contributed by atoms with van der Waals surface area (Å²) in [6.07, 6.45) is 1.01. The van der Waals surface area contributed by atoms with Crippen LogP contribution in [0.2, 0.25) is 0 Å². The molecular weight excluding hydrogens is 296 g/mol. The number of amides is 1. The largest absolute Gasteiger partial charge is 0.481 e. The lowest BCUT2D eigenvalue weighted by Crippen LogP contribution is -2.54. The Morgan fingerprint density at radius 1 is 1.29 bits per heavy atom. The Morgan fingerprint density at radius 2 is 1.81 bits per heavy atom. The minimum absolute atomic E-state index is 0.118. The molecular formula is C13H24N2O5S. The van der Waals surface area contributed by atoms with Crippen molar-refractivity contribution in [1.29, 1.82) is 0 Å². The quantitative estimate of drug-likeness (QED) is 0.766. The molecule has 0 spiro atoms. The van der Waals surface area contributed by atoms with Gasteiger partial charge in [0, 0.05) is 13.1 Å². The number of carboxylic acids is 1. The van der Waals surface area contributed by atoms with E-state index in [-0.39, 0.29) is 18.4 Å². The summed E-state index contributed by atoms with van der Waals surface area (Å²) >= 11 is 0. The van der Waals surface area contributed by atoms with Gasteiger partial charge in [0.2, 0.25) is 15.9 Å². The Balaban J connectivity index is 2.95. The number of carbonyl (C=O) groups is 2. The van der Waals surface area contributed by atoms with Gasteiger partial charge in [0.25, 0.3) is 0 Å². The molecule has 1 saturated heterocycles. The average molecular weight is 320 g/mol. The molecule has 0 aliphatic carbocycles. The summed E-state index contributed by atoms with van der Waals surface area (Å²) in [5.74, 6) is -2.05. The molecule has 3 atom stereocenters. The summed E-state index contributed by atoms with van der Waals surface area (Å²) in [6, 6.07) is -0.910. The zero-order chi connectivity index (χ0) is 16.6. The Morgan fingerprint density at radius 3 is 2.14 bits per heavy atom. The van der Waals surface area contributed by atoms with E-state index in [0.717, 1.165) is 6.26 Å². The summed E-state index contributed by atoms with van der Waals surface area (Å²) in [6.45, 7) is 7.52. The standard InChI is InChI=1S/C13H24N2O5S/c1-8-6-15(7-9(8)12(17)18)11(16)10(13(2,3)4)14-21(5,19)20/h8-10,14H,6-7H2,1-5H3,(H,17,18)/t8-,9-,10?/m1/s1. The number of hydrogen-bond acceptors (Lipinski definition) is 4. The van der Waals surface area contributed by atoms with E-state index in [1.807, 2.05) is 0 Å². The normalized spacial score (nSPS) is 24.9. The molecule has 0 radical (unpaired) electrons. The Bertz CT molecular complexity index is 523. The fourth-order valence-corrected chi connectivity index (χ4v) is 3.34. The molecule has 0 saturated carbocycles. The van der Waals surface area contributed by atoms with E-state index in [1.54, 1.807) is 27.7 Å². The van der Waals surface area contributed by atoms with Crippen LogP contribution in [0.25, 0.3) is 0 Å². The van der Waals surface area contributed by atoms with Gasteiger partial charge in [0.15, 0.2) is 0 Å². The maximum Gasteiger partial charge on any atom is 0.308 e. The van der Waals surface area contributed by atoms with Crippen molar-refractivity contribution < 1.29 is 23.1 Å². The summed E-state index contributed by atoms with van der Waals surface area (Å²) < 4.78 is 25.3. The highest BCUT2D eigenvalue weighted by Gasteiger charge is 2.42. The van der Waals surface area contributed by atoms with E-state index in [9.17, 15) is 18.0 Å². The maximum absolute atomic E-state index is 12.6. The second-order valence-electron chi connectivity index (χ2n) is 6.85. The predicted octanol–water partition coefficient (Wildman–Crippen LogP) is 0.129. The van der Waals surface area contributed by atoms with Crippen molar-refractivity contribution in [3.05, 3.63) is 0 Å². The molecule has 7 nitrogen and oxygen atoms in total. The number of sulfonamides is 1. The molecule has 1 heterocycles. The first-order valence-electron chi connectivity index (χ1n) is 6.82. The number of carboxylic acid groups (broad SMARTS) is 1. The van der Waals surface area contributed by atoms with Crippen molar-refractivity contribution in [2.24, 2.45) is 17.3 Å². The van der Waals surface area contributed by atoms with Crippen molar-refractivity contribution >= 4 is 21.9 Å². The third kappa shape index (κ3) is 4.67. The van der Waals surface area contributed by atoms with Crippen LogP contribution in [-0.4, -0.2) is 55.7 Å². The van der Waals surface area contributed by atoms with Gasteiger partial charge in [-0.15, -0.1) is 0 Å². The van der Waals surface area contributed by atoms with Crippen LogP contribution in [0.1, 0.15) is 27.7 Å². The monoisotopic (exact) mass is 320 g/mol. The fraction of sp³-hybridized carbons (Fsp3) is 0.846. The Kier molecular flexibility index (Phi) is 5.05. The minimum atomic E-state index is -3.54. The van der Waals surface area contributed by atoms with Crippen molar-refractivity contribution in [3.63, 3.8) is 0 Å². The first-order chi connectivity index (χ1) is 9.33. The second-order valence-corrected chi connectivity index (χ2v) is 8.63. The van der Waals surface area contributed by atoms with Gasteiger partial charge >= 0.3 is 5.97 Å². The summed E-state index contributed by atoms with van der Waals surface area (Å²) in [7, 11) is -3.54. The third-order valence-corrected chi connectivity index (χ3v) is 4.35. The van der Waals surface area contributed by atoms with Crippen LogP contribution >= 0.6 is 0 Å². The summed E-state index contributed by atoms with van der Waals surface area (Å²) in [5, 5.41) is 9.12. The molecule has 8 heteroatoms. The van der Waals surface area contributed by atoms with E-state index < -0.39 is 33.4 Å². The number of hydrogen-bond donors (Lipinski definition) is 2. The van der Waals surface area contributed by atoms with Crippen LogP contribution in [0.5, 0.6) is 0 Å². The van der Waals surface area contributed by atoms with Crippen LogP contribution in [0.3, 0.4) is 0 Å². The van der Waals surface area contributed by atoms with Crippen LogP contribution in [-0.2, 0) is 19.6 Å². The second kappa shape index (κ2) is 5.92. The third-order valence-electron chi connectivity index (χ3n) is 3.69. The maximum atomic E-state index is 12.6. The van der Waals surface area contributed by atoms with E-state index in [0.29, 0.717) is 6.54 Å². The van der Waals surface area contributed by atoms with E-state index in [1.165, 1.54) is 4.90 Å². The van der Waals surface area contributed by atoms with Gasteiger partial charge in [-0.25, -0.2) is 13.1 Å². The van der Waals surface area contributed by atoms with E-state index in [2.05, 4.69) is 4.72 Å². The predicted molar refractivity (Wildman–Crippen MR) is 78.1 cm³/mol. The number of nitrogens with zero attached hydrogens (tertiary/aromatic N) is 1. The Hall–Kier alpha value is -1.15. The van der Waals surface area contributed by atoms with Crippen LogP contribution in [0.15, 0.2) is 0 Å². The number of aliphatic carboxylic acids is 1. The fourth-order valence-electron chi connectivity index (χ4n) is 2.46. The van der Waals surface area contributed by atoms with Gasteiger partial charge in [0.05, 0.1) is 12.2 Å². The molecule has 1 amide bonds. The van der Waals surface area contributed by atoms with Crippen molar-refractivity contribution in [2.75, 3.05) is 19.3 Å². The molecule has 2 N–H and O–H groups in total. The number of rotatable bonds is 4. The lowest BCUT2D eigenvalue weighted by Gasteiger charge is -2.32. The van der Waals surface area contributed by atoms with Crippen molar-refractivity contribution in [2.45, 2.75) is 33.7 Å². The van der Waals surface area contributed by atoms with Gasteiger partial charge < -0.3 is 10.0 Å². The van der Waals surface area contributed by atoms with Gasteiger partial charge in [-0.3, -0.25) is 9.59 Å². The molecule has 1 rings (SSSR count). The lowest BCUT2D eigenvalue weighted by atomic mass is 9.86. The highest BCUT2D eigenvalue weighted by atomic mass is 32.2. The summed E-state index contributed by atoms with van der Waals surface area (Å²) in [5.41, 5.74) is -0.606. The van der Waals surface area contributed by atoms with Crippen LogP contribution in [0, 0.1) is 17.3 Å². The molecule has 1 aliphatic heterocycles. The highest BCUT2D eigenvalue weighted by molar-refractivity contribution is 7.88. The van der Waals surface area contributed by atoms with E-state index in [4.69, 9.17) is 5.11 Å². The average Bonchev–Trinajstić information content (AvgIpc) is 2.65. The van der Waals surface area contributed by atoms with Crippen molar-refractivity contribution in [1.82, 2.24) is 9.62 Å². The van der Waals surface area contributed by atoms with Gasteiger partial charge in [-0.1, -0.05) is 27.7 Å². The van der Waals surface area contributed by atoms with Crippen LogP contribution in [0.4, 0.5) is 0 Å². The minimum Gasteiger partial charge on any atom is -0.481 e. The molecule has 1 unspecified atom stereocenters. The number of likely N-dealkylation sites (tertiary alicyclic amines) is 1. The summed E-state index contributed by atoms with van der Waals surface area (Å²) in [4.78, 5) is 25.2. The van der Waals surface area contributed by atoms with Gasteiger partial charge in [0.1, 0.15) is 6.04 Å². The molecule has 1 fully saturated rings. The molecule has 122 valence electrons. The molecule has 0 aromatic carbocycles. The first-order valence-corrected chi connectivity index (χ1v) is 8.71. The highest BCUT2D eigenvalue weighted by Crippen LogP contribution is 2.27. The topological polar surface area (TPSA) is 104 Å². The zero-order valence-electron chi connectivity index (χ0n) is 13.1. The zero-order valence-corrected chi connectivity index (χ0v) is 13.9. The number of carbonyl (C=O) groups excluding carboxylic acids is 1. The molecule has 0 aromatic rings. The SMILES string of the molecule is C[C@@H]1CN(C(=O)C(NS(C)(=O)=O)C(C)(C)C)C[C@H]1C(=O)O. The van der Waals surface area contributed by atoms with Gasteiger partial charge in [-0.05, 0) is 11.3 Å². The smallest absolute Gasteiger partial charge is 0.308 e.